The molecule has 2 nitrogen and oxygen atoms in total. The van der Waals surface area contributed by atoms with Gasteiger partial charge in [0.25, 0.3) is 0 Å². The fourth-order valence-corrected chi connectivity index (χ4v) is 0.289. The fourth-order valence-electron chi connectivity index (χ4n) is 0.289. The van der Waals surface area contributed by atoms with Crippen molar-refractivity contribution in [2.75, 3.05) is 14.1 Å². The van der Waals surface area contributed by atoms with Gasteiger partial charge in [-0.3, -0.25) is 0 Å². The van der Waals surface area contributed by atoms with Crippen LogP contribution in [0.1, 0.15) is 19.8 Å². The van der Waals surface area contributed by atoms with Gasteiger partial charge in [0.05, 0.1) is 5.76 Å². The van der Waals surface area contributed by atoms with Crippen molar-refractivity contribution >= 4 is 0 Å². The SMILES string of the molecule is C=C(O)CCC.CNC. The van der Waals surface area contributed by atoms with Gasteiger partial charge in [0.15, 0.2) is 0 Å². The third-order valence-electron chi connectivity index (χ3n) is 0.539. The van der Waals surface area contributed by atoms with Crippen LogP contribution in [-0.4, -0.2) is 19.2 Å². The molecule has 0 heterocycles. The summed E-state index contributed by atoms with van der Waals surface area (Å²) in [5.74, 6) is 0.289. The number of aliphatic hydroxyl groups is 1. The number of nitrogens with one attached hydrogen (secondary N) is 1. The quantitative estimate of drug-likeness (QED) is 0.559. The van der Waals surface area contributed by atoms with Crippen molar-refractivity contribution in [3.8, 4) is 0 Å². The molecular formula is C7H17NO. The minimum absolute atomic E-state index is 0.289. The predicted octanol–water partition coefficient (Wildman–Crippen LogP) is 1.69. The van der Waals surface area contributed by atoms with Crippen LogP contribution in [0, 0.1) is 0 Å². The Balaban J connectivity index is 0. The van der Waals surface area contributed by atoms with Crippen LogP contribution in [0.15, 0.2) is 12.3 Å². The van der Waals surface area contributed by atoms with E-state index in [9.17, 15) is 0 Å². The van der Waals surface area contributed by atoms with E-state index in [-0.39, 0.29) is 5.76 Å². The lowest BCUT2D eigenvalue weighted by Crippen LogP contribution is -1.89. The fraction of sp³-hybridized carbons (Fsp3) is 0.714. The zero-order valence-corrected chi connectivity index (χ0v) is 6.57. The van der Waals surface area contributed by atoms with Crippen molar-refractivity contribution in [1.82, 2.24) is 5.32 Å². The normalized spacial score (nSPS) is 7.44. The van der Waals surface area contributed by atoms with E-state index in [2.05, 4.69) is 11.9 Å². The van der Waals surface area contributed by atoms with Crippen LogP contribution in [0.2, 0.25) is 0 Å². The number of hydrogen-bond donors (Lipinski definition) is 2. The van der Waals surface area contributed by atoms with E-state index >= 15 is 0 Å². The third-order valence-corrected chi connectivity index (χ3v) is 0.539. The summed E-state index contributed by atoms with van der Waals surface area (Å²) < 4.78 is 0. The molecule has 0 saturated heterocycles. The molecule has 0 amide bonds. The zero-order chi connectivity index (χ0) is 7.70. The Labute approximate surface area is 57.6 Å². The molecule has 0 saturated carbocycles. The molecule has 56 valence electrons. The van der Waals surface area contributed by atoms with E-state index in [1.807, 2.05) is 21.0 Å². The summed E-state index contributed by atoms with van der Waals surface area (Å²) in [5.41, 5.74) is 0. The first-order valence-corrected chi connectivity index (χ1v) is 3.14. The van der Waals surface area contributed by atoms with Crippen LogP contribution in [0.5, 0.6) is 0 Å². The van der Waals surface area contributed by atoms with E-state index < -0.39 is 0 Å². The Kier molecular flexibility index (Phi) is 13.2. The molecule has 0 aromatic rings. The summed E-state index contributed by atoms with van der Waals surface area (Å²) >= 11 is 0. The molecule has 0 unspecified atom stereocenters. The molecule has 9 heavy (non-hydrogen) atoms. The highest BCUT2D eigenvalue weighted by Crippen LogP contribution is 1.93. The van der Waals surface area contributed by atoms with Crippen LogP contribution < -0.4 is 5.32 Å². The highest BCUT2D eigenvalue weighted by Gasteiger charge is 1.79. The van der Waals surface area contributed by atoms with Crippen LogP contribution in [0.3, 0.4) is 0 Å². The van der Waals surface area contributed by atoms with Crippen LogP contribution in [0.25, 0.3) is 0 Å². The van der Waals surface area contributed by atoms with Crippen molar-refractivity contribution in [2.45, 2.75) is 19.8 Å². The average Bonchev–Trinajstić information content (AvgIpc) is 1.67. The van der Waals surface area contributed by atoms with Crippen molar-refractivity contribution in [3.63, 3.8) is 0 Å². The number of hydrogen-bond acceptors (Lipinski definition) is 2. The Morgan fingerprint density at radius 1 is 1.56 bits per heavy atom. The molecule has 0 aromatic carbocycles. The Hall–Kier alpha value is -0.500. The maximum atomic E-state index is 8.36. The molecule has 0 aliphatic rings. The predicted molar refractivity (Wildman–Crippen MR) is 41.7 cm³/mol. The van der Waals surface area contributed by atoms with Gasteiger partial charge in [-0.05, 0) is 20.5 Å². The van der Waals surface area contributed by atoms with Gasteiger partial charge in [-0.25, -0.2) is 0 Å². The maximum Gasteiger partial charge on any atom is 0.0850 e. The molecule has 0 fully saturated rings. The minimum atomic E-state index is 0.289. The Morgan fingerprint density at radius 3 is 1.89 bits per heavy atom. The summed E-state index contributed by atoms with van der Waals surface area (Å²) in [4.78, 5) is 0. The number of allylic oxidation sites excluding steroid dienone is 1. The van der Waals surface area contributed by atoms with Gasteiger partial charge >= 0.3 is 0 Å². The Morgan fingerprint density at radius 2 is 1.89 bits per heavy atom. The standard InChI is InChI=1S/C5H10O.C2H7N/c1-3-4-5(2)6;1-3-2/h6H,2-4H2,1H3;3H,1-2H3. The van der Waals surface area contributed by atoms with E-state index in [1.54, 1.807) is 0 Å². The summed E-state index contributed by atoms with van der Waals surface area (Å²) in [7, 11) is 3.75. The number of rotatable bonds is 2. The molecule has 2 heteroatoms. The second-order valence-corrected chi connectivity index (χ2v) is 1.82. The first-order chi connectivity index (χ1) is 4.18. The van der Waals surface area contributed by atoms with E-state index in [0.717, 1.165) is 12.8 Å². The lowest BCUT2D eigenvalue weighted by Gasteiger charge is -1.86. The summed E-state index contributed by atoms with van der Waals surface area (Å²) in [5, 5.41) is 11.1. The average molecular weight is 131 g/mol. The van der Waals surface area contributed by atoms with Gasteiger partial charge in [0, 0.05) is 6.42 Å². The van der Waals surface area contributed by atoms with Gasteiger partial charge in [0.2, 0.25) is 0 Å². The van der Waals surface area contributed by atoms with Crippen molar-refractivity contribution in [3.05, 3.63) is 12.3 Å². The monoisotopic (exact) mass is 131 g/mol. The largest absolute Gasteiger partial charge is 0.513 e. The highest BCUT2D eigenvalue weighted by molar-refractivity contribution is 4.76. The minimum Gasteiger partial charge on any atom is -0.513 e. The lowest BCUT2D eigenvalue weighted by molar-refractivity contribution is 0.389. The third kappa shape index (κ3) is 36.3. The molecule has 0 aliphatic carbocycles. The molecule has 0 bridgehead atoms. The van der Waals surface area contributed by atoms with Gasteiger partial charge < -0.3 is 10.4 Å². The smallest absolute Gasteiger partial charge is 0.0850 e. The van der Waals surface area contributed by atoms with Crippen molar-refractivity contribution in [2.24, 2.45) is 0 Å². The molecular weight excluding hydrogens is 114 g/mol. The van der Waals surface area contributed by atoms with Crippen LogP contribution in [0.4, 0.5) is 0 Å². The van der Waals surface area contributed by atoms with Crippen molar-refractivity contribution < 1.29 is 5.11 Å². The van der Waals surface area contributed by atoms with E-state index in [1.165, 1.54) is 0 Å². The molecule has 0 aromatic heterocycles. The first kappa shape index (κ1) is 11.3. The van der Waals surface area contributed by atoms with E-state index in [4.69, 9.17) is 5.11 Å². The Bertz CT molecular complexity index is 61.9. The van der Waals surface area contributed by atoms with Crippen molar-refractivity contribution in [1.29, 1.82) is 0 Å². The highest BCUT2D eigenvalue weighted by atomic mass is 16.3. The summed E-state index contributed by atoms with van der Waals surface area (Å²) in [6.45, 7) is 5.30. The second-order valence-electron chi connectivity index (χ2n) is 1.82. The molecule has 0 spiro atoms. The molecule has 0 aliphatic heterocycles. The molecule has 0 rings (SSSR count). The maximum absolute atomic E-state index is 8.36. The molecule has 2 N–H and O–H groups in total. The second kappa shape index (κ2) is 10.5. The van der Waals surface area contributed by atoms with Gasteiger partial charge in [-0.15, -0.1) is 0 Å². The molecule has 0 atom stereocenters. The van der Waals surface area contributed by atoms with Gasteiger partial charge in [0.1, 0.15) is 0 Å². The zero-order valence-electron chi connectivity index (χ0n) is 6.57. The van der Waals surface area contributed by atoms with Gasteiger partial charge in [-0.1, -0.05) is 13.5 Å². The summed E-state index contributed by atoms with van der Waals surface area (Å²) in [6, 6.07) is 0. The topological polar surface area (TPSA) is 32.3 Å². The lowest BCUT2D eigenvalue weighted by atomic mass is 10.3. The summed E-state index contributed by atoms with van der Waals surface area (Å²) in [6.07, 6.45) is 1.72. The van der Waals surface area contributed by atoms with Crippen LogP contribution in [-0.2, 0) is 0 Å². The first-order valence-electron chi connectivity index (χ1n) is 3.14. The van der Waals surface area contributed by atoms with Gasteiger partial charge in [-0.2, -0.15) is 0 Å². The van der Waals surface area contributed by atoms with E-state index in [0.29, 0.717) is 0 Å². The molecule has 0 radical (unpaired) electrons. The van der Waals surface area contributed by atoms with Crippen LogP contribution >= 0.6 is 0 Å². The number of aliphatic hydroxyl groups excluding tert-OH is 1.